The molecule has 148 valence electrons. The van der Waals surface area contributed by atoms with Gasteiger partial charge in [0, 0.05) is 15.6 Å². The molecular weight excluding hydrogens is 409 g/mol. The fourth-order valence-corrected chi connectivity index (χ4v) is 3.63. The molecule has 2 aromatic rings. The van der Waals surface area contributed by atoms with E-state index in [9.17, 15) is 9.90 Å². The van der Waals surface area contributed by atoms with E-state index in [0.29, 0.717) is 21.3 Å². The first-order chi connectivity index (χ1) is 13.2. The summed E-state index contributed by atoms with van der Waals surface area (Å²) in [5, 5.41) is 10.0. The third-order valence-electron chi connectivity index (χ3n) is 4.73. The summed E-state index contributed by atoms with van der Waals surface area (Å²) in [6.07, 6.45) is -0.806. The van der Waals surface area contributed by atoms with Crippen molar-refractivity contribution in [2.75, 3.05) is 18.9 Å². The number of benzene rings is 2. The first-order valence-electron chi connectivity index (χ1n) is 8.43. The number of nitrogen functional groups attached to an aromatic ring is 1. The molecule has 0 aliphatic carbocycles. The number of carbonyl (C=O) groups is 1. The minimum Gasteiger partial charge on any atom is -0.478 e. The van der Waals surface area contributed by atoms with Crippen molar-refractivity contribution < 1.29 is 28.8 Å². The van der Waals surface area contributed by atoms with Crippen LogP contribution in [0.5, 0.6) is 5.75 Å². The zero-order chi connectivity index (χ0) is 20.1. The molecule has 0 aromatic heterocycles. The molecule has 7 nitrogen and oxygen atoms in total. The van der Waals surface area contributed by atoms with Crippen LogP contribution in [-0.2, 0) is 20.2 Å². The fraction of sp³-hybridized carbons (Fsp3) is 0.316. The van der Waals surface area contributed by atoms with Gasteiger partial charge in [-0.3, -0.25) is 4.74 Å². The first kappa shape index (κ1) is 19.3. The summed E-state index contributed by atoms with van der Waals surface area (Å²) >= 11 is 12.2. The highest BCUT2D eigenvalue weighted by Crippen LogP contribution is 2.49. The second-order valence-corrected chi connectivity index (χ2v) is 7.94. The van der Waals surface area contributed by atoms with Gasteiger partial charge in [0.2, 0.25) is 6.29 Å². The van der Waals surface area contributed by atoms with E-state index in [4.69, 9.17) is 47.9 Å². The van der Waals surface area contributed by atoms with Gasteiger partial charge in [0.05, 0.1) is 29.9 Å². The van der Waals surface area contributed by atoms with Crippen molar-refractivity contribution in [3.8, 4) is 5.75 Å². The van der Waals surface area contributed by atoms with Gasteiger partial charge in [0.1, 0.15) is 5.75 Å². The molecule has 3 fully saturated rings. The Morgan fingerprint density at radius 2 is 1.82 bits per heavy atom. The van der Waals surface area contributed by atoms with Crippen LogP contribution in [-0.4, -0.2) is 30.6 Å². The largest absolute Gasteiger partial charge is 0.478 e. The first-order valence-corrected chi connectivity index (χ1v) is 9.18. The average molecular weight is 426 g/mol. The molecule has 3 N–H and O–H groups in total. The van der Waals surface area contributed by atoms with Crippen LogP contribution in [0, 0.1) is 5.41 Å². The molecule has 3 aliphatic rings. The molecule has 0 radical (unpaired) electrons. The molecule has 1 unspecified atom stereocenters. The number of rotatable bonds is 4. The van der Waals surface area contributed by atoms with Crippen LogP contribution in [0.1, 0.15) is 22.8 Å². The zero-order valence-electron chi connectivity index (χ0n) is 14.8. The van der Waals surface area contributed by atoms with Gasteiger partial charge in [-0.2, -0.15) is 0 Å². The van der Waals surface area contributed by atoms with Crippen molar-refractivity contribution >= 4 is 34.9 Å². The number of anilines is 1. The maximum Gasteiger partial charge on any atom is 0.335 e. The molecule has 3 saturated heterocycles. The van der Waals surface area contributed by atoms with E-state index in [1.807, 2.05) is 6.92 Å². The second kappa shape index (κ2) is 6.79. The molecule has 3 heterocycles. The molecule has 5 rings (SSSR count). The summed E-state index contributed by atoms with van der Waals surface area (Å²) in [7, 11) is 0. The van der Waals surface area contributed by atoms with Crippen molar-refractivity contribution in [3.05, 3.63) is 57.6 Å². The van der Waals surface area contributed by atoms with Crippen LogP contribution in [0.15, 0.2) is 36.4 Å². The number of nitrogens with two attached hydrogens (primary N) is 1. The van der Waals surface area contributed by atoms with Crippen LogP contribution in [0.3, 0.4) is 0 Å². The molecule has 1 atom stereocenters. The van der Waals surface area contributed by atoms with Gasteiger partial charge in [-0.05, 0) is 43.3 Å². The molecular formula is C19H17Cl2NO6. The minimum absolute atomic E-state index is 0.0548. The fourth-order valence-electron chi connectivity index (χ4n) is 3.11. The van der Waals surface area contributed by atoms with E-state index >= 15 is 0 Å². The lowest BCUT2D eigenvalue weighted by Gasteiger charge is -2.54. The molecule has 0 amide bonds. The van der Waals surface area contributed by atoms with Gasteiger partial charge in [-0.25, -0.2) is 4.79 Å². The number of halogens is 2. The highest BCUT2D eigenvalue weighted by molar-refractivity contribution is 6.34. The third kappa shape index (κ3) is 3.29. The van der Waals surface area contributed by atoms with Crippen LogP contribution in [0.2, 0.25) is 10.0 Å². The maximum atomic E-state index is 11.3. The van der Waals surface area contributed by atoms with E-state index in [0.717, 1.165) is 0 Å². The predicted octanol–water partition coefficient (Wildman–Crippen LogP) is 3.87. The Morgan fingerprint density at radius 1 is 1.18 bits per heavy atom. The molecule has 0 spiro atoms. The van der Waals surface area contributed by atoms with Crippen LogP contribution in [0.4, 0.5) is 5.69 Å². The Kier molecular flexibility index (Phi) is 4.68. The number of carboxylic acid groups (broad SMARTS) is 1. The number of hydrogen-bond donors (Lipinski definition) is 2. The quantitative estimate of drug-likeness (QED) is 0.716. The Labute approximate surface area is 170 Å². The topological polar surface area (TPSA) is 100 Å². The predicted molar refractivity (Wildman–Crippen MR) is 101 cm³/mol. The van der Waals surface area contributed by atoms with Crippen molar-refractivity contribution in [2.45, 2.75) is 19.2 Å². The Bertz CT molecular complexity index is 922. The van der Waals surface area contributed by atoms with E-state index in [-0.39, 0.29) is 24.5 Å². The molecule has 28 heavy (non-hydrogen) atoms. The van der Waals surface area contributed by atoms with Gasteiger partial charge in [-0.1, -0.05) is 23.2 Å². The summed E-state index contributed by atoms with van der Waals surface area (Å²) < 4.78 is 23.7. The monoisotopic (exact) mass is 425 g/mol. The number of carboxylic acids is 1. The number of hydrogen-bond acceptors (Lipinski definition) is 6. The summed E-state index contributed by atoms with van der Waals surface area (Å²) in [6.45, 7) is 2.43. The average Bonchev–Trinajstić information content (AvgIpc) is 2.64. The van der Waals surface area contributed by atoms with E-state index in [1.165, 1.54) is 18.2 Å². The standard InChI is InChI=1S/C19H17Cl2NO6/c1-18-8-25-19(26-9-18,11-5-12(20)7-13(21)6-11)28-17(18)27-15-4-10(16(23)24)2-3-14(15)22/h2-7,17H,8-9,22H2,1H3,(H,23,24). The molecule has 2 aromatic carbocycles. The summed E-state index contributed by atoms with van der Waals surface area (Å²) in [6, 6.07) is 9.10. The summed E-state index contributed by atoms with van der Waals surface area (Å²) in [5.41, 5.74) is 6.17. The van der Waals surface area contributed by atoms with Crippen molar-refractivity contribution in [2.24, 2.45) is 5.41 Å². The number of fused-ring (bicyclic) bond motifs is 3. The lowest BCUT2D eigenvalue weighted by atomic mass is 9.88. The molecule has 0 saturated carbocycles. The van der Waals surface area contributed by atoms with Crippen LogP contribution < -0.4 is 10.5 Å². The lowest BCUT2D eigenvalue weighted by Crippen LogP contribution is -2.63. The third-order valence-corrected chi connectivity index (χ3v) is 5.16. The van der Waals surface area contributed by atoms with Gasteiger partial charge >= 0.3 is 11.9 Å². The smallest absolute Gasteiger partial charge is 0.335 e. The second-order valence-electron chi connectivity index (χ2n) is 7.07. The molecule has 3 aliphatic heterocycles. The van der Waals surface area contributed by atoms with Crippen LogP contribution >= 0.6 is 23.2 Å². The minimum atomic E-state index is -1.53. The van der Waals surface area contributed by atoms with Gasteiger partial charge in [-0.15, -0.1) is 0 Å². The normalized spacial score (nSPS) is 28.9. The van der Waals surface area contributed by atoms with Crippen molar-refractivity contribution in [3.63, 3.8) is 0 Å². The number of ether oxygens (including phenoxy) is 4. The van der Waals surface area contributed by atoms with Crippen LogP contribution in [0.25, 0.3) is 0 Å². The Balaban J connectivity index is 1.67. The van der Waals surface area contributed by atoms with E-state index in [1.54, 1.807) is 18.2 Å². The lowest BCUT2D eigenvalue weighted by molar-refractivity contribution is -0.519. The summed E-state index contributed by atoms with van der Waals surface area (Å²) in [4.78, 5) is 11.3. The van der Waals surface area contributed by atoms with Gasteiger partial charge in [0.25, 0.3) is 0 Å². The highest BCUT2D eigenvalue weighted by atomic mass is 35.5. The molecule has 9 heteroatoms. The summed E-state index contributed by atoms with van der Waals surface area (Å²) in [5.74, 6) is -2.41. The van der Waals surface area contributed by atoms with E-state index in [2.05, 4.69) is 0 Å². The Morgan fingerprint density at radius 3 is 2.43 bits per heavy atom. The SMILES string of the molecule is CC12COC(c3cc(Cl)cc(Cl)c3)(OC1)OC2Oc1cc(C(=O)O)ccc1N. The molecule has 2 bridgehead atoms. The van der Waals surface area contributed by atoms with Crippen molar-refractivity contribution in [1.82, 2.24) is 0 Å². The van der Waals surface area contributed by atoms with Gasteiger partial charge < -0.3 is 25.1 Å². The zero-order valence-corrected chi connectivity index (χ0v) is 16.3. The Hall–Kier alpha value is -2.03. The van der Waals surface area contributed by atoms with Gasteiger partial charge in [0.15, 0.2) is 0 Å². The maximum absolute atomic E-state index is 11.3. The van der Waals surface area contributed by atoms with Crippen molar-refractivity contribution in [1.29, 1.82) is 0 Å². The highest BCUT2D eigenvalue weighted by Gasteiger charge is 2.58. The number of aromatic carboxylic acids is 1. The van der Waals surface area contributed by atoms with E-state index < -0.39 is 23.6 Å².